The smallest absolute Gasteiger partial charge is 0.0816 e. The number of aryl methyl sites for hydroxylation is 1. The van der Waals surface area contributed by atoms with E-state index in [0.29, 0.717) is 0 Å². The van der Waals surface area contributed by atoms with E-state index in [1.54, 1.807) is 18.4 Å². The molecule has 3 heteroatoms. The summed E-state index contributed by atoms with van der Waals surface area (Å²) in [5, 5.41) is 5.80. The maximum Gasteiger partial charge on any atom is 0.0816 e. The van der Waals surface area contributed by atoms with Crippen LogP contribution in [0.1, 0.15) is 43.7 Å². The molecule has 1 atom stereocenters. The van der Waals surface area contributed by atoms with Crippen LogP contribution in [0.2, 0.25) is 0 Å². The highest BCUT2D eigenvalue weighted by Crippen LogP contribution is 2.31. The first-order valence-corrected chi connectivity index (χ1v) is 6.72. The van der Waals surface area contributed by atoms with Gasteiger partial charge in [-0.05, 0) is 50.7 Å². The second kappa shape index (κ2) is 5.80. The van der Waals surface area contributed by atoms with Crippen molar-refractivity contribution in [1.82, 2.24) is 5.32 Å². The Morgan fingerprint density at radius 3 is 2.62 bits per heavy atom. The number of thiophene rings is 1. The molecular weight excluding hydrogens is 218 g/mol. The van der Waals surface area contributed by atoms with Crippen LogP contribution in [-0.4, -0.2) is 19.3 Å². The third kappa shape index (κ3) is 3.30. The zero-order valence-corrected chi connectivity index (χ0v) is 11.8. The molecule has 0 amide bonds. The Hall–Kier alpha value is -0.380. The summed E-state index contributed by atoms with van der Waals surface area (Å²) in [6.07, 6.45) is 1.14. The molecule has 0 aliphatic carbocycles. The summed E-state index contributed by atoms with van der Waals surface area (Å²) < 4.78 is 5.60. The Morgan fingerprint density at radius 1 is 1.50 bits per heavy atom. The lowest BCUT2D eigenvalue weighted by Crippen LogP contribution is -2.40. The molecule has 0 saturated heterocycles. The molecular formula is C13H23NOS. The molecule has 1 N–H and O–H groups in total. The first-order chi connectivity index (χ1) is 7.51. The molecule has 1 aromatic heterocycles. The molecule has 0 saturated carbocycles. The molecule has 0 spiro atoms. The number of methoxy groups -OCH3 is 1. The molecule has 1 rings (SSSR count). The average Bonchev–Trinajstić information content (AvgIpc) is 2.65. The fraction of sp³-hybridized carbons (Fsp3) is 0.692. The average molecular weight is 241 g/mol. The van der Waals surface area contributed by atoms with Gasteiger partial charge in [-0.15, -0.1) is 11.3 Å². The van der Waals surface area contributed by atoms with Gasteiger partial charge >= 0.3 is 0 Å². The van der Waals surface area contributed by atoms with E-state index in [0.717, 1.165) is 13.0 Å². The van der Waals surface area contributed by atoms with Crippen LogP contribution in [0.15, 0.2) is 11.4 Å². The Kier molecular flexibility index (Phi) is 4.96. The van der Waals surface area contributed by atoms with E-state index in [2.05, 4.69) is 44.5 Å². The van der Waals surface area contributed by atoms with Gasteiger partial charge in [-0.25, -0.2) is 0 Å². The first-order valence-electron chi connectivity index (χ1n) is 5.84. The second-order valence-electron chi connectivity index (χ2n) is 4.69. The molecule has 0 fully saturated rings. The van der Waals surface area contributed by atoms with Crippen molar-refractivity contribution in [3.05, 3.63) is 21.9 Å². The molecule has 0 aliphatic heterocycles. The van der Waals surface area contributed by atoms with Gasteiger partial charge in [0.05, 0.1) is 11.6 Å². The molecule has 1 heterocycles. The van der Waals surface area contributed by atoms with Crippen molar-refractivity contribution in [2.75, 3.05) is 13.7 Å². The van der Waals surface area contributed by atoms with E-state index in [4.69, 9.17) is 4.74 Å². The second-order valence-corrected chi connectivity index (χ2v) is 5.80. The maximum absolute atomic E-state index is 5.60. The van der Waals surface area contributed by atoms with Crippen molar-refractivity contribution >= 4 is 11.3 Å². The van der Waals surface area contributed by atoms with Crippen molar-refractivity contribution in [2.24, 2.45) is 0 Å². The molecule has 0 aliphatic rings. The van der Waals surface area contributed by atoms with Crippen LogP contribution in [0.25, 0.3) is 0 Å². The zero-order valence-electron chi connectivity index (χ0n) is 11.0. The van der Waals surface area contributed by atoms with Crippen molar-refractivity contribution < 1.29 is 4.74 Å². The minimum atomic E-state index is -0.178. The van der Waals surface area contributed by atoms with Crippen LogP contribution in [0, 0.1) is 6.92 Å². The maximum atomic E-state index is 5.60. The number of nitrogens with one attached hydrogen (secondary N) is 1. The Labute approximate surface area is 103 Å². The van der Waals surface area contributed by atoms with E-state index in [1.807, 2.05) is 0 Å². The predicted octanol–water partition coefficient (Wildman–Crippen LogP) is 3.52. The van der Waals surface area contributed by atoms with E-state index in [-0.39, 0.29) is 11.6 Å². The normalized spacial score (nSPS) is 14.1. The number of hydrogen-bond donors (Lipinski definition) is 1. The molecule has 92 valence electrons. The molecule has 1 unspecified atom stereocenters. The van der Waals surface area contributed by atoms with Gasteiger partial charge in [0.2, 0.25) is 0 Å². The van der Waals surface area contributed by atoms with Crippen molar-refractivity contribution in [2.45, 2.75) is 45.8 Å². The monoisotopic (exact) mass is 241 g/mol. The van der Waals surface area contributed by atoms with Gasteiger partial charge in [0.25, 0.3) is 0 Å². The molecule has 0 bridgehead atoms. The molecule has 2 nitrogen and oxygen atoms in total. The van der Waals surface area contributed by atoms with Crippen LogP contribution >= 0.6 is 11.3 Å². The van der Waals surface area contributed by atoms with Gasteiger partial charge in [0, 0.05) is 12.0 Å². The minimum absolute atomic E-state index is 0.178. The third-order valence-electron chi connectivity index (χ3n) is 2.90. The zero-order chi connectivity index (χ0) is 12.2. The van der Waals surface area contributed by atoms with E-state index in [9.17, 15) is 0 Å². The van der Waals surface area contributed by atoms with E-state index in [1.165, 1.54) is 10.4 Å². The predicted molar refractivity (Wildman–Crippen MR) is 71.2 cm³/mol. The third-order valence-corrected chi connectivity index (χ3v) is 3.78. The highest BCUT2D eigenvalue weighted by molar-refractivity contribution is 7.10. The van der Waals surface area contributed by atoms with Crippen molar-refractivity contribution in [3.8, 4) is 0 Å². The highest BCUT2D eigenvalue weighted by Gasteiger charge is 2.30. The summed E-state index contributed by atoms with van der Waals surface area (Å²) in [5.41, 5.74) is 1.16. The van der Waals surface area contributed by atoms with Gasteiger partial charge in [0.15, 0.2) is 0 Å². The summed E-state index contributed by atoms with van der Waals surface area (Å²) in [5.74, 6) is 0. The molecule has 0 aromatic carbocycles. The summed E-state index contributed by atoms with van der Waals surface area (Å²) in [7, 11) is 1.78. The Balaban J connectivity index is 2.87. The van der Waals surface area contributed by atoms with Gasteiger partial charge in [-0.1, -0.05) is 6.92 Å². The van der Waals surface area contributed by atoms with Gasteiger partial charge in [-0.2, -0.15) is 0 Å². The van der Waals surface area contributed by atoms with Crippen LogP contribution in [0.4, 0.5) is 0 Å². The van der Waals surface area contributed by atoms with Crippen LogP contribution in [-0.2, 0) is 4.74 Å². The lowest BCUT2D eigenvalue weighted by atomic mass is 9.93. The lowest BCUT2D eigenvalue weighted by molar-refractivity contribution is -0.0109. The van der Waals surface area contributed by atoms with Crippen LogP contribution in [0.5, 0.6) is 0 Å². The highest BCUT2D eigenvalue weighted by atomic mass is 32.1. The minimum Gasteiger partial charge on any atom is -0.377 e. The van der Waals surface area contributed by atoms with Gasteiger partial charge in [-0.3, -0.25) is 0 Å². The number of rotatable bonds is 6. The fourth-order valence-electron chi connectivity index (χ4n) is 1.79. The Morgan fingerprint density at radius 2 is 2.19 bits per heavy atom. The molecule has 1 aromatic rings. The van der Waals surface area contributed by atoms with Crippen LogP contribution in [0.3, 0.4) is 0 Å². The summed E-state index contributed by atoms with van der Waals surface area (Å²) in [4.78, 5) is 1.35. The van der Waals surface area contributed by atoms with Gasteiger partial charge < -0.3 is 10.1 Å². The summed E-state index contributed by atoms with van der Waals surface area (Å²) in [6, 6.07) is 2.51. The van der Waals surface area contributed by atoms with Crippen LogP contribution < -0.4 is 5.32 Å². The quantitative estimate of drug-likeness (QED) is 0.822. The lowest BCUT2D eigenvalue weighted by Gasteiger charge is -2.33. The molecule has 0 radical (unpaired) electrons. The summed E-state index contributed by atoms with van der Waals surface area (Å²) >= 11 is 1.80. The number of ether oxygens (including phenoxy) is 1. The topological polar surface area (TPSA) is 21.3 Å². The Bertz CT molecular complexity index is 319. The van der Waals surface area contributed by atoms with Crippen molar-refractivity contribution in [3.63, 3.8) is 0 Å². The van der Waals surface area contributed by atoms with E-state index >= 15 is 0 Å². The standard InChI is InChI=1S/C13H23NOS/c1-6-7-14-12(13(3,4)15-5)11-8-10(2)16-9-11/h8-9,12,14H,6-7H2,1-5H3. The largest absolute Gasteiger partial charge is 0.377 e. The summed E-state index contributed by atoms with van der Waals surface area (Å²) in [6.45, 7) is 9.61. The number of hydrogen-bond acceptors (Lipinski definition) is 3. The van der Waals surface area contributed by atoms with Crippen molar-refractivity contribution in [1.29, 1.82) is 0 Å². The first kappa shape index (κ1) is 13.7. The molecule has 16 heavy (non-hydrogen) atoms. The fourth-order valence-corrected chi connectivity index (χ4v) is 2.52. The van der Waals surface area contributed by atoms with Gasteiger partial charge in [0.1, 0.15) is 0 Å². The van der Waals surface area contributed by atoms with E-state index < -0.39 is 0 Å². The SMILES string of the molecule is CCCNC(c1csc(C)c1)C(C)(C)OC.